The number of hydrogen-bond acceptors (Lipinski definition) is 3. The molecule has 2 aliphatic carbocycles. The molecular formula is C20H28Cl2N2O2. The molecule has 1 heterocycles. The van der Waals surface area contributed by atoms with Crippen LogP contribution in [0, 0.1) is 17.8 Å². The Bertz CT molecular complexity index is 628. The van der Waals surface area contributed by atoms with E-state index in [1.54, 1.807) is 0 Å². The highest BCUT2D eigenvalue weighted by Gasteiger charge is 2.42. The topological polar surface area (TPSA) is 55.6 Å². The Morgan fingerprint density at radius 3 is 2.62 bits per heavy atom. The number of halogens is 2. The van der Waals surface area contributed by atoms with Gasteiger partial charge in [0.25, 0.3) is 0 Å². The molecule has 3 aliphatic rings. The smallest absolute Gasteiger partial charge is 0.225 e. The van der Waals surface area contributed by atoms with Crippen LogP contribution in [-0.4, -0.2) is 36.0 Å². The number of carbonyl (C=O) groups is 1. The zero-order valence-corrected chi connectivity index (χ0v) is 16.6. The molecular weight excluding hydrogens is 371 g/mol. The van der Waals surface area contributed by atoms with Crippen molar-refractivity contribution in [3.63, 3.8) is 0 Å². The summed E-state index contributed by atoms with van der Waals surface area (Å²) in [6.07, 6.45) is 6.58. The van der Waals surface area contributed by atoms with Crippen LogP contribution in [0.4, 0.5) is 0 Å². The lowest BCUT2D eigenvalue weighted by molar-refractivity contribution is -0.137. The van der Waals surface area contributed by atoms with Gasteiger partial charge in [0.1, 0.15) is 11.9 Å². The fourth-order valence-electron chi connectivity index (χ4n) is 5.01. The molecule has 3 fully saturated rings. The number of ether oxygens (including phenoxy) is 1. The zero-order chi connectivity index (χ0) is 17.4. The molecule has 3 atom stereocenters. The highest BCUT2D eigenvalue weighted by atomic mass is 35.5. The number of nitrogens with zero attached hydrogens (tertiary/aromatic N) is 1. The lowest BCUT2D eigenvalue weighted by Gasteiger charge is -2.44. The molecule has 26 heavy (non-hydrogen) atoms. The number of amides is 1. The first-order valence-corrected chi connectivity index (χ1v) is 9.94. The molecule has 2 N–H and O–H groups in total. The van der Waals surface area contributed by atoms with E-state index in [1.165, 1.54) is 19.3 Å². The molecule has 1 aromatic carbocycles. The van der Waals surface area contributed by atoms with Crippen molar-refractivity contribution >= 4 is 29.9 Å². The maximum atomic E-state index is 13.0. The molecule has 4 nitrogen and oxygen atoms in total. The monoisotopic (exact) mass is 398 g/mol. The third-order valence-corrected chi connectivity index (χ3v) is 6.55. The van der Waals surface area contributed by atoms with Crippen molar-refractivity contribution in [1.82, 2.24) is 4.90 Å². The van der Waals surface area contributed by atoms with Crippen LogP contribution in [0.25, 0.3) is 0 Å². The fraction of sp³-hybridized carbons (Fsp3) is 0.650. The van der Waals surface area contributed by atoms with Crippen molar-refractivity contribution in [3.8, 4) is 5.75 Å². The summed E-state index contributed by atoms with van der Waals surface area (Å²) in [4.78, 5) is 15.0. The highest BCUT2D eigenvalue weighted by Crippen LogP contribution is 2.42. The van der Waals surface area contributed by atoms with Gasteiger partial charge in [-0.15, -0.1) is 12.4 Å². The van der Waals surface area contributed by atoms with Gasteiger partial charge in [-0.25, -0.2) is 0 Å². The highest BCUT2D eigenvalue weighted by molar-refractivity contribution is 6.30. The summed E-state index contributed by atoms with van der Waals surface area (Å²) in [5.41, 5.74) is 6.36. The maximum absolute atomic E-state index is 13.0. The lowest BCUT2D eigenvalue weighted by atomic mass is 9.65. The number of rotatable bonds is 3. The zero-order valence-electron chi connectivity index (χ0n) is 15.0. The lowest BCUT2D eigenvalue weighted by Crippen LogP contribution is -2.49. The van der Waals surface area contributed by atoms with Crippen LogP contribution in [0.1, 0.15) is 38.5 Å². The third kappa shape index (κ3) is 4.13. The molecule has 144 valence electrons. The number of fused-ring (bicyclic) bond motifs is 2. The summed E-state index contributed by atoms with van der Waals surface area (Å²) >= 11 is 6.01. The van der Waals surface area contributed by atoms with Crippen molar-refractivity contribution < 1.29 is 9.53 Å². The predicted molar refractivity (Wildman–Crippen MR) is 106 cm³/mol. The standard InChI is InChI=1S/C20H27ClN2O2.ClH/c21-16-5-2-6-17(11-16)25-18-7-8-23(12-18)20(24)15-9-13-3-1-4-14(10-15)19(13)22;/h2,5-6,11,13-15,18-19H,1,3-4,7-10,12,22H2;1H. The van der Waals surface area contributed by atoms with E-state index in [9.17, 15) is 4.79 Å². The van der Waals surface area contributed by atoms with Crippen molar-refractivity contribution in [2.24, 2.45) is 23.5 Å². The average molecular weight is 399 g/mol. The van der Waals surface area contributed by atoms with E-state index >= 15 is 0 Å². The quantitative estimate of drug-likeness (QED) is 0.839. The van der Waals surface area contributed by atoms with Gasteiger partial charge in [-0.3, -0.25) is 4.79 Å². The Kier molecular flexibility index (Phi) is 6.37. The predicted octanol–water partition coefficient (Wildman–Crippen LogP) is 3.90. The fourth-order valence-corrected chi connectivity index (χ4v) is 5.19. The molecule has 0 radical (unpaired) electrons. The van der Waals surface area contributed by atoms with Gasteiger partial charge in [-0.05, 0) is 55.7 Å². The van der Waals surface area contributed by atoms with Gasteiger partial charge < -0.3 is 15.4 Å². The number of hydrogen-bond donors (Lipinski definition) is 1. The van der Waals surface area contributed by atoms with E-state index < -0.39 is 0 Å². The van der Waals surface area contributed by atoms with Gasteiger partial charge in [0.15, 0.2) is 0 Å². The number of carbonyl (C=O) groups excluding carboxylic acids is 1. The first kappa shape index (κ1) is 19.8. The minimum Gasteiger partial charge on any atom is -0.488 e. The van der Waals surface area contributed by atoms with Gasteiger partial charge in [-0.2, -0.15) is 0 Å². The first-order valence-electron chi connectivity index (χ1n) is 9.57. The van der Waals surface area contributed by atoms with Crippen LogP contribution in [0.3, 0.4) is 0 Å². The van der Waals surface area contributed by atoms with Crippen molar-refractivity contribution in [2.45, 2.75) is 50.7 Å². The third-order valence-electron chi connectivity index (χ3n) is 6.32. The van der Waals surface area contributed by atoms with Crippen LogP contribution >= 0.6 is 24.0 Å². The average Bonchev–Trinajstić information content (AvgIpc) is 3.02. The molecule has 4 rings (SSSR count). The minimum absolute atomic E-state index is 0. The second-order valence-electron chi connectivity index (χ2n) is 7.97. The molecule has 2 bridgehead atoms. The van der Waals surface area contributed by atoms with Crippen molar-refractivity contribution in [3.05, 3.63) is 29.3 Å². The number of nitrogens with two attached hydrogens (primary N) is 1. The SMILES string of the molecule is Cl.NC1C2CCCC1CC(C(=O)N1CCC(Oc3cccc(Cl)c3)C1)C2. The van der Waals surface area contributed by atoms with E-state index in [4.69, 9.17) is 22.1 Å². The van der Waals surface area contributed by atoms with E-state index in [1.807, 2.05) is 29.2 Å². The van der Waals surface area contributed by atoms with Crippen molar-refractivity contribution in [1.29, 1.82) is 0 Å². The van der Waals surface area contributed by atoms with Gasteiger partial charge in [0, 0.05) is 29.9 Å². The Hall–Kier alpha value is -0.970. The molecule has 1 aliphatic heterocycles. The van der Waals surface area contributed by atoms with Gasteiger partial charge >= 0.3 is 0 Å². The van der Waals surface area contributed by atoms with E-state index in [2.05, 4.69) is 0 Å². The summed E-state index contributed by atoms with van der Waals surface area (Å²) in [7, 11) is 0. The normalized spacial score (nSPS) is 33.5. The second kappa shape index (κ2) is 8.37. The molecule has 1 saturated heterocycles. The summed E-state index contributed by atoms with van der Waals surface area (Å²) in [5, 5.41) is 0.675. The van der Waals surface area contributed by atoms with Gasteiger partial charge in [0.05, 0.1) is 6.54 Å². The molecule has 2 saturated carbocycles. The molecule has 3 unspecified atom stereocenters. The maximum Gasteiger partial charge on any atom is 0.225 e. The Labute approximate surface area is 166 Å². The largest absolute Gasteiger partial charge is 0.488 e. The minimum atomic E-state index is 0. The summed E-state index contributed by atoms with van der Waals surface area (Å²) in [6, 6.07) is 7.79. The molecule has 0 aromatic heterocycles. The summed E-state index contributed by atoms with van der Waals surface area (Å²) in [5.74, 6) is 2.36. The van der Waals surface area contributed by atoms with Gasteiger partial charge in [0.2, 0.25) is 5.91 Å². The van der Waals surface area contributed by atoms with E-state index in [0.717, 1.165) is 31.6 Å². The number of benzene rings is 1. The number of likely N-dealkylation sites (tertiary alicyclic amines) is 1. The van der Waals surface area contributed by atoms with Crippen LogP contribution < -0.4 is 10.5 Å². The van der Waals surface area contributed by atoms with Crippen LogP contribution in [0.15, 0.2) is 24.3 Å². The van der Waals surface area contributed by atoms with E-state index in [0.29, 0.717) is 35.4 Å². The Balaban J connectivity index is 0.00000196. The molecule has 1 aromatic rings. The van der Waals surface area contributed by atoms with Crippen LogP contribution in [0.5, 0.6) is 5.75 Å². The summed E-state index contributed by atoms with van der Waals surface area (Å²) < 4.78 is 6.02. The van der Waals surface area contributed by atoms with Crippen LogP contribution in [0.2, 0.25) is 5.02 Å². The van der Waals surface area contributed by atoms with E-state index in [-0.39, 0.29) is 24.4 Å². The Morgan fingerprint density at radius 2 is 1.92 bits per heavy atom. The second-order valence-corrected chi connectivity index (χ2v) is 8.40. The first-order chi connectivity index (χ1) is 12.1. The Morgan fingerprint density at radius 1 is 1.19 bits per heavy atom. The van der Waals surface area contributed by atoms with Crippen LogP contribution in [-0.2, 0) is 4.79 Å². The summed E-state index contributed by atoms with van der Waals surface area (Å²) in [6.45, 7) is 1.48. The van der Waals surface area contributed by atoms with Gasteiger partial charge in [-0.1, -0.05) is 24.1 Å². The van der Waals surface area contributed by atoms with Crippen molar-refractivity contribution in [2.75, 3.05) is 13.1 Å². The molecule has 1 amide bonds. The molecule has 6 heteroatoms. The molecule has 0 spiro atoms.